The van der Waals surface area contributed by atoms with E-state index in [1.807, 2.05) is 37.3 Å². The second-order valence-corrected chi connectivity index (χ2v) is 6.57. The summed E-state index contributed by atoms with van der Waals surface area (Å²) in [6.07, 6.45) is 3.05. The summed E-state index contributed by atoms with van der Waals surface area (Å²) in [7, 11) is 1.63. The molecule has 5 nitrogen and oxygen atoms in total. The van der Waals surface area contributed by atoms with Crippen LogP contribution >= 0.6 is 11.3 Å². The Bertz CT molecular complexity index is 720. The van der Waals surface area contributed by atoms with E-state index in [1.54, 1.807) is 7.11 Å². The van der Waals surface area contributed by atoms with Crippen LogP contribution in [0.1, 0.15) is 42.8 Å². The van der Waals surface area contributed by atoms with Crippen molar-refractivity contribution in [3.05, 3.63) is 35.2 Å². The zero-order valence-corrected chi connectivity index (χ0v) is 15.1. The number of hydrazone groups is 1. The van der Waals surface area contributed by atoms with Crippen LogP contribution in [-0.4, -0.2) is 18.7 Å². The van der Waals surface area contributed by atoms with Crippen molar-refractivity contribution in [3.63, 3.8) is 0 Å². The third-order valence-corrected chi connectivity index (χ3v) is 4.78. The third kappa shape index (κ3) is 4.58. The van der Waals surface area contributed by atoms with Crippen LogP contribution in [0.15, 0.2) is 35.4 Å². The molecule has 0 spiro atoms. The fourth-order valence-electron chi connectivity index (χ4n) is 2.17. The van der Waals surface area contributed by atoms with Gasteiger partial charge in [0.1, 0.15) is 10.6 Å². The molecule has 128 valence electrons. The molecule has 0 atom stereocenters. The Kier molecular flexibility index (Phi) is 6.37. The minimum atomic E-state index is -0.270. The molecule has 24 heavy (non-hydrogen) atoms. The number of hydrogen-bond donors (Lipinski definition) is 2. The normalized spacial score (nSPS) is 11.4. The Morgan fingerprint density at radius 1 is 1.33 bits per heavy atom. The second kappa shape index (κ2) is 8.49. The highest BCUT2D eigenvalue weighted by Gasteiger charge is 2.15. The van der Waals surface area contributed by atoms with E-state index in [4.69, 9.17) is 10.5 Å². The molecular weight excluding hydrogens is 322 g/mol. The van der Waals surface area contributed by atoms with Gasteiger partial charge in [0, 0.05) is 10.6 Å². The number of thiophene rings is 1. The number of methoxy groups -OCH3 is 1. The fourth-order valence-corrected chi connectivity index (χ4v) is 3.14. The lowest BCUT2D eigenvalue weighted by atomic mass is 10.2. The van der Waals surface area contributed by atoms with Crippen molar-refractivity contribution < 1.29 is 9.53 Å². The number of nitrogens with two attached hydrogens (primary N) is 1. The van der Waals surface area contributed by atoms with Gasteiger partial charge in [-0.25, -0.2) is 5.43 Å². The van der Waals surface area contributed by atoms with E-state index in [9.17, 15) is 4.79 Å². The van der Waals surface area contributed by atoms with Crippen LogP contribution in [0.4, 0.5) is 5.69 Å². The van der Waals surface area contributed by atoms with E-state index in [0.717, 1.165) is 41.2 Å². The molecule has 6 heteroatoms. The molecule has 0 saturated heterocycles. The van der Waals surface area contributed by atoms with Crippen LogP contribution in [0, 0.1) is 0 Å². The maximum Gasteiger partial charge on any atom is 0.283 e. The third-order valence-electron chi connectivity index (χ3n) is 3.58. The highest BCUT2D eigenvalue weighted by molar-refractivity contribution is 7.18. The fraction of sp³-hybridized carbons (Fsp3) is 0.333. The lowest BCUT2D eigenvalue weighted by molar-refractivity contribution is 0.0959. The van der Waals surface area contributed by atoms with Gasteiger partial charge in [-0.2, -0.15) is 5.10 Å². The molecule has 1 heterocycles. The van der Waals surface area contributed by atoms with Crippen molar-refractivity contribution in [2.75, 3.05) is 12.8 Å². The van der Waals surface area contributed by atoms with Crippen molar-refractivity contribution in [1.29, 1.82) is 0 Å². The Balaban J connectivity index is 2.11. The number of amides is 1. The van der Waals surface area contributed by atoms with E-state index in [0.29, 0.717) is 10.6 Å². The number of benzene rings is 1. The van der Waals surface area contributed by atoms with Gasteiger partial charge < -0.3 is 10.5 Å². The average molecular weight is 345 g/mol. The summed E-state index contributed by atoms with van der Waals surface area (Å²) in [4.78, 5) is 13.7. The number of nitrogens with zero attached hydrogens (tertiary/aromatic N) is 1. The number of nitrogen functional groups attached to an aromatic ring is 1. The first-order valence-corrected chi connectivity index (χ1v) is 8.74. The highest BCUT2D eigenvalue weighted by atomic mass is 32.1. The van der Waals surface area contributed by atoms with Crippen molar-refractivity contribution in [2.24, 2.45) is 5.10 Å². The molecular formula is C18H23N3O2S. The van der Waals surface area contributed by atoms with Crippen LogP contribution < -0.4 is 15.9 Å². The second-order valence-electron chi connectivity index (χ2n) is 5.52. The zero-order chi connectivity index (χ0) is 17.5. The van der Waals surface area contributed by atoms with Gasteiger partial charge in [0.25, 0.3) is 5.91 Å². The summed E-state index contributed by atoms with van der Waals surface area (Å²) >= 11 is 1.36. The molecule has 3 N–H and O–H groups in total. The van der Waals surface area contributed by atoms with E-state index in [2.05, 4.69) is 17.5 Å². The van der Waals surface area contributed by atoms with Crippen molar-refractivity contribution in [2.45, 2.75) is 33.1 Å². The minimum absolute atomic E-state index is 0.270. The summed E-state index contributed by atoms with van der Waals surface area (Å²) in [6, 6.07) is 9.46. The summed E-state index contributed by atoms with van der Waals surface area (Å²) in [5.41, 5.74) is 11.0. The molecule has 0 bridgehead atoms. The first kappa shape index (κ1) is 18.0. The van der Waals surface area contributed by atoms with Crippen LogP contribution in [-0.2, 0) is 0 Å². The van der Waals surface area contributed by atoms with Gasteiger partial charge in [-0.1, -0.05) is 13.3 Å². The molecule has 1 aromatic carbocycles. The first-order valence-electron chi connectivity index (χ1n) is 7.92. The molecule has 0 fully saturated rings. The molecule has 0 aliphatic rings. The van der Waals surface area contributed by atoms with Gasteiger partial charge in [0.05, 0.1) is 12.8 Å². The van der Waals surface area contributed by atoms with Crippen LogP contribution in [0.5, 0.6) is 5.75 Å². The molecule has 0 saturated carbocycles. The number of carbonyl (C=O) groups is 1. The average Bonchev–Trinajstić information content (AvgIpc) is 2.99. The number of nitrogens with one attached hydrogen (secondary N) is 1. The minimum Gasteiger partial charge on any atom is -0.497 e. The van der Waals surface area contributed by atoms with Gasteiger partial charge in [0.15, 0.2) is 0 Å². The van der Waals surface area contributed by atoms with Crippen LogP contribution in [0.25, 0.3) is 10.4 Å². The Morgan fingerprint density at radius 2 is 2.04 bits per heavy atom. The highest BCUT2D eigenvalue weighted by Crippen LogP contribution is 2.33. The van der Waals surface area contributed by atoms with Gasteiger partial charge in [-0.3, -0.25) is 4.79 Å². The van der Waals surface area contributed by atoms with E-state index in [-0.39, 0.29) is 5.91 Å². The SMILES string of the molecule is CCCC/C(C)=N\NC(=O)c1sc(-c2ccc(OC)cc2)cc1N. The van der Waals surface area contributed by atoms with E-state index >= 15 is 0 Å². The Morgan fingerprint density at radius 3 is 2.67 bits per heavy atom. The number of carbonyl (C=O) groups excluding carboxylic acids is 1. The maximum absolute atomic E-state index is 12.3. The van der Waals surface area contributed by atoms with Crippen molar-refractivity contribution in [1.82, 2.24) is 5.43 Å². The van der Waals surface area contributed by atoms with Crippen molar-refractivity contribution >= 4 is 28.6 Å². The number of hydrogen-bond acceptors (Lipinski definition) is 5. The van der Waals surface area contributed by atoms with Crippen LogP contribution in [0.3, 0.4) is 0 Å². The Labute approximate surface area is 146 Å². The maximum atomic E-state index is 12.3. The summed E-state index contributed by atoms with van der Waals surface area (Å²) in [5, 5.41) is 4.14. The predicted molar refractivity (Wildman–Crippen MR) is 101 cm³/mol. The lowest BCUT2D eigenvalue weighted by Crippen LogP contribution is -2.18. The van der Waals surface area contributed by atoms with Gasteiger partial charge in [-0.05, 0) is 55.7 Å². The van der Waals surface area contributed by atoms with Gasteiger partial charge in [0.2, 0.25) is 0 Å². The molecule has 1 aromatic heterocycles. The molecule has 1 amide bonds. The topological polar surface area (TPSA) is 76.7 Å². The summed E-state index contributed by atoms with van der Waals surface area (Å²) < 4.78 is 5.15. The summed E-state index contributed by atoms with van der Waals surface area (Å²) in [5.74, 6) is 0.520. The Hall–Kier alpha value is -2.34. The quantitative estimate of drug-likeness (QED) is 0.580. The number of unbranched alkanes of at least 4 members (excludes halogenated alkanes) is 1. The smallest absolute Gasteiger partial charge is 0.283 e. The molecule has 2 rings (SSSR count). The van der Waals surface area contributed by atoms with E-state index < -0.39 is 0 Å². The number of anilines is 1. The molecule has 2 aromatic rings. The molecule has 0 aliphatic heterocycles. The largest absolute Gasteiger partial charge is 0.497 e. The molecule has 0 unspecified atom stereocenters. The summed E-state index contributed by atoms with van der Waals surface area (Å²) in [6.45, 7) is 4.04. The monoisotopic (exact) mass is 345 g/mol. The number of rotatable bonds is 7. The lowest BCUT2D eigenvalue weighted by Gasteiger charge is -2.02. The van der Waals surface area contributed by atoms with Crippen LogP contribution in [0.2, 0.25) is 0 Å². The van der Waals surface area contributed by atoms with Gasteiger partial charge >= 0.3 is 0 Å². The molecule has 0 radical (unpaired) electrons. The zero-order valence-electron chi connectivity index (χ0n) is 14.3. The molecule has 0 aliphatic carbocycles. The standard InChI is InChI=1S/C18H23N3O2S/c1-4-5-6-12(2)20-21-18(22)17-15(19)11-16(24-17)13-7-9-14(23-3)10-8-13/h7-11H,4-6,19H2,1-3H3,(H,21,22)/b20-12-. The number of ether oxygens (including phenoxy) is 1. The van der Waals surface area contributed by atoms with Crippen molar-refractivity contribution in [3.8, 4) is 16.2 Å². The predicted octanol–water partition coefficient (Wildman–Crippen LogP) is 4.30. The first-order chi connectivity index (χ1) is 11.5. The van der Waals surface area contributed by atoms with Gasteiger partial charge in [-0.15, -0.1) is 11.3 Å². The van der Waals surface area contributed by atoms with E-state index in [1.165, 1.54) is 11.3 Å².